The lowest BCUT2D eigenvalue weighted by Gasteiger charge is -2.09. The molecule has 2 rings (SSSR count). The first-order valence-corrected chi connectivity index (χ1v) is 7.96. The van der Waals surface area contributed by atoms with Gasteiger partial charge >= 0.3 is 5.97 Å². The Bertz CT molecular complexity index is 692. The molecule has 0 aliphatic rings. The van der Waals surface area contributed by atoms with Crippen molar-refractivity contribution in [1.29, 1.82) is 0 Å². The average Bonchev–Trinajstić information content (AvgIpc) is 2.90. The van der Waals surface area contributed by atoms with Crippen LogP contribution in [0.4, 0.5) is 5.00 Å². The second-order valence-corrected chi connectivity index (χ2v) is 6.31. The van der Waals surface area contributed by atoms with Crippen LogP contribution in [0.5, 0.6) is 0 Å². The molecule has 2 aromatic rings. The summed E-state index contributed by atoms with van der Waals surface area (Å²) in [5, 5.41) is 5.72. The van der Waals surface area contributed by atoms with Crippen LogP contribution >= 0.6 is 22.9 Å². The molecule has 1 heterocycles. The number of amides is 1. The zero-order chi connectivity index (χ0) is 16.3. The molecule has 1 aromatic heterocycles. The maximum absolute atomic E-state index is 12.1. The quantitative estimate of drug-likeness (QED) is 0.838. The molecule has 116 valence electrons. The highest BCUT2D eigenvalue weighted by Crippen LogP contribution is 2.36. The summed E-state index contributed by atoms with van der Waals surface area (Å²) in [6.07, 6.45) is 0. The number of hydrogen-bond acceptors (Lipinski definition) is 4. The molecule has 22 heavy (non-hydrogen) atoms. The van der Waals surface area contributed by atoms with Crippen LogP contribution in [0.3, 0.4) is 0 Å². The fraction of sp³-hybridized carbons (Fsp3) is 0.250. The summed E-state index contributed by atoms with van der Waals surface area (Å²) in [6, 6.07) is 7.15. The number of esters is 1. The zero-order valence-corrected chi connectivity index (χ0v) is 14.0. The van der Waals surface area contributed by atoms with Crippen molar-refractivity contribution < 1.29 is 14.3 Å². The largest absolute Gasteiger partial charge is 0.465 e. The molecule has 1 N–H and O–H groups in total. The second-order valence-electron chi connectivity index (χ2n) is 5.00. The van der Waals surface area contributed by atoms with Gasteiger partial charge in [0.1, 0.15) is 10.6 Å². The van der Waals surface area contributed by atoms with E-state index in [1.807, 2.05) is 17.5 Å². The van der Waals surface area contributed by atoms with Crippen molar-refractivity contribution in [2.45, 2.75) is 13.8 Å². The average molecular weight is 338 g/mol. The van der Waals surface area contributed by atoms with E-state index < -0.39 is 5.97 Å². The summed E-state index contributed by atoms with van der Waals surface area (Å²) in [6.45, 7) is 3.59. The van der Waals surface area contributed by atoms with Crippen molar-refractivity contribution in [3.05, 3.63) is 40.2 Å². The maximum Gasteiger partial charge on any atom is 0.341 e. The highest BCUT2D eigenvalue weighted by molar-refractivity contribution is 7.15. The summed E-state index contributed by atoms with van der Waals surface area (Å²) < 4.78 is 4.85. The SMILES string of the molecule is COC(=O)c1c(-c2ccc(Cl)cc2)csc1NC(=O)C(C)C. The van der Waals surface area contributed by atoms with E-state index >= 15 is 0 Å². The molecular weight excluding hydrogens is 322 g/mol. The zero-order valence-electron chi connectivity index (χ0n) is 12.5. The Morgan fingerprint density at radius 2 is 1.86 bits per heavy atom. The van der Waals surface area contributed by atoms with E-state index in [0.29, 0.717) is 21.2 Å². The first-order valence-electron chi connectivity index (χ1n) is 6.70. The Morgan fingerprint density at radius 1 is 1.23 bits per heavy atom. The molecule has 0 aliphatic carbocycles. The van der Waals surface area contributed by atoms with E-state index in [-0.39, 0.29) is 11.8 Å². The van der Waals surface area contributed by atoms with Gasteiger partial charge in [-0.2, -0.15) is 0 Å². The lowest BCUT2D eigenvalue weighted by atomic mass is 10.0. The van der Waals surface area contributed by atoms with Gasteiger partial charge in [-0.15, -0.1) is 11.3 Å². The topological polar surface area (TPSA) is 55.4 Å². The molecule has 0 fully saturated rings. The Balaban J connectivity index is 2.47. The highest BCUT2D eigenvalue weighted by Gasteiger charge is 2.22. The van der Waals surface area contributed by atoms with E-state index in [1.54, 1.807) is 26.0 Å². The van der Waals surface area contributed by atoms with Gasteiger partial charge in [-0.05, 0) is 17.7 Å². The molecule has 0 radical (unpaired) electrons. The normalized spacial score (nSPS) is 10.6. The Morgan fingerprint density at radius 3 is 2.41 bits per heavy atom. The summed E-state index contributed by atoms with van der Waals surface area (Å²) in [5.41, 5.74) is 1.92. The van der Waals surface area contributed by atoms with Gasteiger partial charge < -0.3 is 10.1 Å². The molecule has 0 aliphatic heterocycles. The van der Waals surface area contributed by atoms with E-state index in [2.05, 4.69) is 5.32 Å². The first kappa shape index (κ1) is 16.5. The van der Waals surface area contributed by atoms with Gasteiger partial charge in [0.05, 0.1) is 7.11 Å². The van der Waals surface area contributed by atoms with Gasteiger partial charge in [-0.25, -0.2) is 4.79 Å². The van der Waals surface area contributed by atoms with Crippen molar-refractivity contribution in [2.24, 2.45) is 5.92 Å². The second kappa shape index (κ2) is 6.94. The van der Waals surface area contributed by atoms with Crippen LogP contribution in [0.1, 0.15) is 24.2 Å². The molecular formula is C16H16ClNO3S. The third-order valence-corrected chi connectivity index (χ3v) is 4.24. The monoisotopic (exact) mass is 337 g/mol. The van der Waals surface area contributed by atoms with Crippen LogP contribution in [0.25, 0.3) is 11.1 Å². The minimum Gasteiger partial charge on any atom is -0.465 e. The summed E-state index contributed by atoms with van der Waals surface area (Å²) in [5.74, 6) is -0.800. The van der Waals surface area contributed by atoms with Crippen LogP contribution in [-0.4, -0.2) is 19.0 Å². The van der Waals surface area contributed by atoms with Crippen LogP contribution in [0.2, 0.25) is 5.02 Å². The van der Waals surface area contributed by atoms with Gasteiger partial charge in [0.25, 0.3) is 0 Å². The summed E-state index contributed by atoms with van der Waals surface area (Å²) in [7, 11) is 1.32. The molecule has 0 atom stereocenters. The molecule has 6 heteroatoms. The minimum atomic E-state index is -0.481. The van der Waals surface area contributed by atoms with Gasteiger partial charge in [-0.1, -0.05) is 37.6 Å². The fourth-order valence-corrected chi connectivity index (χ4v) is 2.94. The molecule has 1 amide bonds. The van der Waals surface area contributed by atoms with Gasteiger partial charge in [0.15, 0.2) is 0 Å². The number of hydrogen-bond donors (Lipinski definition) is 1. The molecule has 0 bridgehead atoms. The van der Waals surface area contributed by atoms with E-state index in [0.717, 1.165) is 5.56 Å². The molecule has 0 saturated heterocycles. The maximum atomic E-state index is 12.1. The van der Waals surface area contributed by atoms with Gasteiger partial charge in [0.2, 0.25) is 5.91 Å². The number of nitrogens with one attached hydrogen (secondary N) is 1. The van der Waals surface area contributed by atoms with Crippen LogP contribution < -0.4 is 5.32 Å². The highest BCUT2D eigenvalue weighted by atomic mass is 35.5. The Labute approximate surface area is 138 Å². The van der Waals surface area contributed by atoms with Crippen LogP contribution in [0.15, 0.2) is 29.6 Å². The van der Waals surface area contributed by atoms with Gasteiger partial charge in [-0.3, -0.25) is 4.79 Å². The number of rotatable bonds is 4. The number of carbonyl (C=O) groups is 2. The standard InChI is InChI=1S/C16H16ClNO3S/c1-9(2)14(19)18-15-13(16(20)21-3)12(8-22-15)10-4-6-11(17)7-5-10/h4-9H,1-3H3,(H,18,19). The van der Waals surface area contributed by atoms with E-state index in [4.69, 9.17) is 16.3 Å². The molecule has 0 saturated carbocycles. The van der Waals surface area contributed by atoms with Crippen LogP contribution in [-0.2, 0) is 9.53 Å². The number of carbonyl (C=O) groups excluding carboxylic acids is 2. The number of benzene rings is 1. The van der Waals surface area contributed by atoms with Crippen molar-refractivity contribution in [3.63, 3.8) is 0 Å². The Hall–Kier alpha value is -1.85. The summed E-state index contributed by atoms with van der Waals surface area (Å²) >= 11 is 7.19. The first-order chi connectivity index (χ1) is 10.4. The molecule has 4 nitrogen and oxygen atoms in total. The molecule has 0 spiro atoms. The number of halogens is 1. The number of ether oxygens (including phenoxy) is 1. The predicted octanol–water partition coefficient (Wildman–Crippen LogP) is 4.45. The fourth-order valence-electron chi connectivity index (χ4n) is 1.85. The number of thiophene rings is 1. The van der Waals surface area contributed by atoms with Crippen molar-refractivity contribution >= 4 is 39.8 Å². The summed E-state index contributed by atoms with van der Waals surface area (Å²) in [4.78, 5) is 24.0. The third-order valence-electron chi connectivity index (χ3n) is 3.10. The Kier molecular flexibility index (Phi) is 5.21. The third kappa shape index (κ3) is 3.48. The van der Waals surface area contributed by atoms with E-state index in [1.165, 1.54) is 18.4 Å². The van der Waals surface area contributed by atoms with Crippen LogP contribution in [0, 0.1) is 5.92 Å². The smallest absolute Gasteiger partial charge is 0.341 e. The number of anilines is 1. The van der Waals surface area contributed by atoms with Gasteiger partial charge in [0, 0.05) is 21.9 Å². The van der Waals surface area contributed by atoms with Crippen molar-refractivity contribution in [1.82, 2.24) is 0 Å². The molecule has 1 aromatic carbocycles. The minimum absolute atomic E-state index is 0.144. The van der Waals surface area contributed by atoms with Crippen molar-refractivity contribution in [2.75, 3.05) is 12.4 Å². The predicted molar refractivity (Wildman–Crippen MR) is 89.6 cm³/mol. The molecule has 0 unspecified atom stereocenters. The van der Waals surface area contributed by atoms with E-state index in [9.17, 15) is 9.59 Å². The number of methoxy groups -OCH3 is 1. The lowest BCUT2D eigenvalue weighted by Crippen LogP contribution is -2.18. The van der Waals surface area contributed by atoms with Crippen molar-refractivity contribution in [3.8, 4) is 11.1 Å². The lowest BCUT2D eigenvalue weighted by molar-refractivity contribution is -0.118.